The largest absolute Gasteiger partial charge is 0.493 e. The molecule has 1 aliphatic heterocycles. The summed E-state index contributed by atoms with van der Waals surface area (Å²) in [7, 11) is 0. The van der Waals surface area contributed by atoms with Crippen LogP contribution in [0, 0.1) is 0 Å². The summed E-state index contributed by atoms with van der Waals surface area (Å²) in [6.07, 6.45) is 3.13. The molecule has 1 saturated heterocycles. The third kappa shape index (κ3) is 6.06. The Kier molecular flexibility index (Phi) is 7.46. The number of pyridine rings is 1. The molecule has 1 aliphatic rings. The van der Waals surface area contributed by atoms with Crippen molar-refractivity contribution >= 4 is 28.9 Å². The van der Waals surface area contributed by atoms with Gasteiger partial charge >= 0.3 is 5.97 Å². The molecule has 1 N–H and O–H groups in total. The Labute approximate surface area is 179 Å². The zero-order valence-electron chi connectivity index (χ0n) is 16.9. The molecular formula is C22H24N2O5S. The van der Waals surface area contributed by atoms with Gasteiger partial charge in [-0.2, -0.15) is 0 Å². The third-order valence-electron chi connectivity index (χ3n) is 4.73. The van der Waals surface area contributed by atoms with Crippen molar-refractivity contribution in [2.75, 3.05) is 13.2 Å². The Morgan fingerprint density at radius 2 is 1.93 bits per heavy atom. The number of esters is 1. The summed E-state index contributed by atoms with van der Waals surface area (Å²) in [5, 5.41) is 1.60. The van der Waals surface area contributed by atoms with E-state index in [0.717, 1.165) is 35.0 Å². The number of ether oxygens (including phenoxy) is 2. The van der Waals surface area contributed by atoms with Crippen LogP contribution in [0.5, 0.6) is 5.75 Å². The SMILES string of the molecule is CCc1ccc(C(COC(C)=O)COc2ccc(CC3SC(=O)NC3=O)cc2)cn1. The maximum absolute atomic E-state index is 11.7. The van der Waals surface area contributed by atoms with Gasteiger partial charge in [0.2, 0.25) is 5.91 Å². The number of nitrogens with zero attached hydrogens (tertiary/aromatic N) is 1. The smallest absolute Gasteiger partial charge is 0.302 e. The molecule has 1 aromatic heterocycles. The van der Waals surface area contributed by atoms with Crippen molar-refractivity contribution in [2.45, 2.75) is 37.9 Å². The molecule has 2 unspecified atom stereocenters. The monoisotopic (exact) mass is 428 g/mol. The van der Waals surface area contributed by atoms with Crippen molar-refractivity contribution < 1.29 is 23.9 Å². The van der Waals surface area contributed by atoms with Crippen LogP contribution < -0.4 is 10.1 Å². The minimum absolute atomic E-state index is 0.142. The molecule has 1 aromatic carbocycles. The first-order valence-corrected chi connectivity index (χ1v) is 10.6. The molecule has 0 spiro atoms. The van der Waals surface area contributed by atoms with Gasteiger partial charge in [0.25, 0.3) is 5.24 Å². The lowest BCUT2D eigenvalue weighted by Gasteiger charge is -2.18. The summed E-state index contributed by atoms with van der Waals surface area (Å²) in [6.45, 7) is 3.96. The summed E-state index contributed by atoms with van der Waals surface area (Å²) in [5.74, 6) is -0.0583. The molecule has 158 valence electrons. The van der Waals surface area contributed by atoms with Crippen LogP contribution in [-0.4, -0.2) is 40.6 Å². The number of benzene rings is 1. The van der Waals surface area contributed by atoms with Gasteiger partial charge in [-0.25, -0.2) is 0 Å². The van der Waals surface area contributed by atoms with E-state index < -0.39 is 5.25 Å². The second-order valence-electron chi connectivity index (χ2n) is 6.98. The second kappa shape index (κ2) is 10.2. The fourth-order valence-electron chi connectivity index (χ4n) is 3.01. The lowest BCUT2D eigenvalue weighted by molar-refractivity contribution is -0.141. The van der Waals surface area contributed by atoms with Gasteiger partial charge < -0.3 is 9.47 Å². The standard InChI is InChI=1S/C22H24N2O5S/c1-3-18-7-6-16(11-23-18)17(12-28-14(2)25)13-29-19-8-4-15(5-9-19)10-20-21(26)24-22(27)30-20/h4-9,11,17,20H,3,10,12-13H2,1-2H3,(H,24,26,27). The molecule has 2 heterocycles. The Balaban J connectivity index is 1.60. The van der Waals surface area contributed by atoms with Gasteiger partial charge in [-0.1, -0.05) is 36.9 Å². The Hall–Kier alpha value is -2.87. The number of hydrogen-bond donors (Lipinski definition) is 1. The van der Waals surface area contributed by atoms with E-state index in [1.54, 1.807) is 6.20 Å². The molecule has 2 atom stereocenters. The van der Waals surface area contributed by atoms with Crippen LogP contribution in [0.3, 0.4) is 0 Å². The van der Waals surface area contributed by atoms with Gasteiger partial charge in [0.1, 0.15) is 12.4 Å². The minimum atomic E-state index is -0.393. The number of carbonyl (C=O) groups is 3. The molecule has 0 saturated carbocycles. The van der Waals surface area contributed by atoms with Crippen molar-refractivity contribution in [3.63, 3.8) is 0 Å². The highest BCUT2D eigenvalue weighted by Crippen LogP contribution is 2.24. The number of rotatable bonds is 9. The van der Waals surface area contributed by atoms with Crippen LogP contribution in [-0.2, 0) is 27.2 Å². The number of amides is 2. The van der Waals surface area contributed by atoms with E-state index in [-0.39, 0.29) is 29.6 Å². The average molecular weight is 429 g/mol. The molecule has 0 aliphatic carbocycles. The summed E-state index contributed by atoms with van der Waals surface area (Å²) >= 11 is 1.02. The molecule has 3 rings (SSSR count). The number of nitrogens with one attached hydrogen (secondary N) is 1. The lowest BCUT2D eigenvalue weighted by atomic mass is 10.0. The number of carbonyl (C=O) groups excluding carboxylic acids is 3. The maximum Gasteiger partial charge on any atom is 0.302 e. The number of hydrogen-bond acceptors (Lipinski definition) is 7. The summed E-state index contributed by atoms with van der Waals surface area (Å²) < 4.78 is 11.1. The molecule has 7 nitrogen and oxygen atoms in total. The van der Waals surface area contributed by atoms with E-state index in [1.807, 2.05) is 43.3 Å². The van der Waals surface area contributed by atoms with Gasteiger partial charge in [-0.15, -0.1) is 0 Å². The van der Waals surface area contributed by atoms with Crippen molar-refractivity contribution in [1.29, 1.82) is 0 Å². The topological polar surface area (TPSA) is 94.6 Å². The van der Waals surface area contributed by atoms with Gasteiger partial charge in [0.15, 0.2) is 0 Å². The van der Waals surface area contributed by atoms with E-state index >= 15 is 0 Å². The molecular weight excluding hydrogens is 404 g/mol. The molecule has 0 radical (unpaired) electrons. The first-order chi connectivity index (χ1) is 14.4. The zero-order valence-corrected chi connectivity index (χ0v) is 17.7. The predicted molar refractivity (Wildman–Crippen MR) is 114 cm³/mol. The molecule has 8 heteroatoms. The normalized spacial score (nSPS) is 16.8. The van der Waals surface area contributed by atoms with Crippen LogP contribution in [0.25, 0.3) is 0 Å². The summed E-state index contributed by atoms with van der Waals surface area (Å²) in [5.41, 5.74) is 2.89. The van der Waals surface area contributed by atoms with Crippen LogP contribution in [0.4, 0.5) is 4.79 Å². The van der Waals surface area contributed by atoms with Gasteiger partial charge in [-0.05, 0) is 42.2 Å². The van der Waals surface area contributed by atoms with E-state index in [0.29, 0.717) is 18.8 Å². The van der Waals surface area contributed by atoms with E-state index in [9.17, 15) is 14.4 Å². The van der Waals surface area contributed by atoms with Crippen molar-refractivity contribution in [3.05, 3.63) is 59.4 Å². The maximum atomic E-state index is 11.7. The van der Waals surface area contributed by atoms with Crippen LogP contribution in [0.15, 0.2) is 42.6 Å². The minimum Gasteiger partial charge on any atom is -0.493 e. The second-order valence-corrected chi connectivity index (χ2v) is 8.15. The number of aryl methyl sites for hydroxylation is 1. The van der Waals surface area contributed by atoms with E-state index in [2.05, 4.69) is 10.3 Å². The number of imide groups is 1. The molecule has 2 amide bonds. The highest BCUT2D eigenvalue weighted by Gasteiger charge is 2.31. The van der Waals surface area contributed by atoms with Crippen LogP contribution >= 0.6 is 11.8 Å². The van der Waals surface area contributed by atoms with Crippen molar-refractivity contribution in [2.24, 2.45) is 0 Å². The summed E-state index contributed by atoms with van der Waals surface area (Å²) in [4.78, 5) is 38.6. The first-order valence-electron chi connectivity index (χ1n) is 9.76. The van der Waals surface area contributed by atoms with E-state index in [1.165, 1.54) is 6.92 Å². The zero-order chi connectivity index (χ0) is 21.5. The van der Waals surface area contributed by atoms with Gasteiger partial charge in [0, 0.05) is 18.8 Å². The predicted octanol–water partition coefficient (Wildman–Crippen LogP) is 3.26. The van der Waals surface area contributed by atoms with Crippen LogP contribution in [0.1, 0.15) is 36.6 Å². The van der Waals surface area contributed by atoms with Gasteiger partial charge in [-0.3, -0.25) is 24.7 Å². The van der Waals surface area contributed by atoms with E-state index in [4.69, 9.17) is 9.47 Å². The number of aromatic nitrogens is 1. The third-order valence-corrected chi connectivity index (χ3v) is 5.71. The van der Waals surface area contributed by atoms with Crippen molar-refractivity contribution in [3.8, 4) is 5.75 Å². The molecule has 1 fully saturated rings. The van der Waals surface area contributed by atoms with Gasteiger partial charge in [0.05, 0.1) is 17.8 Å². The fourth-order valence-corrected chi connectivity index (χ4v) is 3.87. The Morgan fingerprint density at radius 3 is 2.50 bits per heavy atom. The average Bonchev–Trinajstić information content (AvgIpc) is 3.06. The van der Waals surface area contributed by atoms with Crippen LogP contribution in [0.2, 0.25) is 0 Å². The molecule has 0 bridgehead atoms. The highest BCUT2D eigenvalue weighted by atomic mass is 32.2. The number of thioether (sulfide) groups is 1. The lowest BCUT2D eigenvalue weighted by Crippen LogP contribution is -2.25. The summed E-state index contributed by atoms with van der Waals surface area (Å²) in [6, 6.07) is 11.4. The molecule has 2 aromatic rings. The van der Waals surface area contributed by atoms with Crippen molar-refractivity contribution in [1.82, 2.24) is 10.3 Å². The fraction of sp³-hybridized carbons (Fsp3) is 0.364. The first kappa shape index (κ1) is 21.8. The highest BCUT2D eigenvalue weighted by molar-refractivity contribution is 8.15. The Morgan fingerprint density at radius 1 is 1.17 bits per heavy atom. The quantitative estimate of drug-likeness (QED) is 0.613. The molecule has 30 heavy (non-hydrogen) atoms. The Bertz CT molecular complexity index is 899.